The van der Waals surface area contributed by atoms with Crippen LogP contribution in [-0.2, 0) is 9.47 Å². The van der Waals surface area contributed by atoms with Gasteiger partial charge < -0.3 is 29.9 Å². The summed E-state index contributed by atoms with van der Waals surface area (Å²) in [6, 6.07) is 0. The van der Waals surface area contributed by atoms with Crippen molar-refractivity contribution in [2.75, 3.05) is 13.2 Å². The van der Waals surface area contributed by atoms with Crippen LogP contribution in [0.2, 0.25) is 0 Å². The first kappa shape index (κ1) is 10.3. The summed E-state index contributed by atoms with van der Waals surface area (Å²) in [5, 5.41) is 37.6. The molecule has 6 nitrogen and oxygen atoms in total. The summed E-state index contributed by atoms with van der Waals surface area (Å²) in [5.74, 6) is -0.497. The molecule has 0 radical (unpaired) electrons. The standard InChI is InChI=1S/C8H14O6/c9-1-4-3-2-13-8(14-4)7(12)6(11)5(3)10/h3-12H,1-2H2. The first-order valence-electron chi connectivity index (χ1n) is 4.57. The Morgan fingerprint density at radius 3 is 2.43 bits per heavy atom. The van der Waals surface area contributed by atoms with Crippen molar-refractivity contribution in [1.29, 1.82) is 0 Å². The highest BCUT2D eigenvalue weighted by atomic mass is 16.7. The van der Waals surface area contributed by atoms with E-state index in [2.05, 4.69) is 0 Å². The van der Waals surface area contributed by atoms with Crippen LogP contribution in [0.25, 0.3) is 0 Å². The lowest BCUT2D eigenvalue weighted by atomic mass is 9.93. The molecular formula is C8H14O6. The molecule has 6 heteroatoms. The van der Waals surface area contributed by atoms with Gasteiger partial charge in [-0.25, -0.2) is 0 Å². The fourth-order valence-electron chi connectivity index (χ4n) is 1.92. The van der Waals surface area contributed by atoms with E-state index < -0.39 is 36.6 Å². The van der Waals surface area contributed by atoms with E-state index in [1.165, 1.54) is 0 Å². The van der Waals surface area contributed by atoms with E-state index in [1.807, 2.05) is 0 Å². The Morgan fingerprint density at radius 1 is 1.07 bits per heavy atom. The van der Waals surface area contributed by atoms with Crippen LogP contribution in [0.5, 0.6) is 0 Å². The minimum atomic E-state index is -1.29. The highest BCUT2D eigenvalue weighted by molar-refractivity contribution is 4.93. The normalized spacial score (nSPS) is 53.1. The fourth-order valence-corrected chi connectivity index (χ4v) is 1.92. The van der Waals surface area contributed by atoms with Gasteiger partial charge >= 0.3 is 0 Å². The predicted octanol–water partition coefficient (Wildman–Crippen LogP) is -2.57. The SMILES string of the molecule is OCC1OC2OCC1C(O)C(O)C2O. The van der Waals surface area contributed by atoms with E-state index in [9.17, 15) is 15.3 Å². The molecule has 4 N–H and O–H groups in total. The molecule has 3 aliphatic rings. The predicted molar refractivity (Wildman–Crippen MR) is 43.2 cm³/mol. The van der Waals surface area contributed by atoms with Crippen molar-refractivity contribution >= 4 is 0 Å². The maximum atomic E-state index is 9.63. The summed E-state index contributed by atoms with van der Waals surface area (Å²) < 4.78 is 10.3. The zero-order chi connectivity index (χ0) is 10.3. The van der Waals surface area contributed by atoms with Crippen LogP contribution in [0.3, 0.4) is 0 Å². The molecule has 6 unspecified atom stereocenters. The van der Waals surface area contributed by atoms with Crippen molar-refractivity contribution in [3.63, 3.8) is 0 Å². The molecule has 3 rings (SSSR count). The highest BCUT2D eigenvalue weighted by Gasteiger charge is 2.49. The second-order valence-corrected chi connectivity index (χ2v) is 3.69. The van der Waals surface area contributed by atoms with Crippen LogP contribution >= 0.6 is 0 Å². The highest BCUT2D eigenvalue weighted by Crippen LogP contribution is 2.31. The van der Waals surface area contributed by atoms with E-state index in [0.717, 1.165) is 0 Å². The van der Waals surface area contributed by atoms with Crippen molar-refractivity contribution in [3.05, 3.63) is 0 Å². The van der Waals surface area contributed by atoms with E-state index in [1.54, 1.807) is 0 Å². The summed E-state index contributed by atoms with van der Waals surface area (Å²) >= 11 is 0. The molecule has 3 aliphatic heterocycles. The first-order valence-corrected chi connectivity index (χ1v) is 4.57. The van der Waals surface area contributed by atoms with E-state index >= 15 is 0 Å². The van der Waals surface area contributed by atoms with Gasteiger partial charge in [-0.2, -0.15) is 0 Å². The molecule has 0 aromatic carbocycles. The fraction of sp³-hybridized carbons (Fsp3) is 1.00. The summed E-state index contributed by atoms with van der Waals surface area (Å²) in [6.07, 6.45) is -5.24. The Bertz CT molecular complexity index is 208. The van der Waals surface area contributed by atoms with E-state index in [0.29, 0.717) is 0 Å². The lowest BCUT2D eigenvalue weighted by Crippen LogP contribution is -2.45. The molecule has 3 saturated heterocycles. The largest absolute Gasteiger partial charge is 0.394 e. The van der Waals surface area contributed by atoms with Gasteiger partial charge in [0, 0.05) is 5.92 Å². The third-order valence-electron chi connectivity index (χ3n) is 2.84. The second kappa shape index (κ2) is 3.73. The minimum absolute atomic E-state index is 0.172. The number of rotatable bonds is 1. The Morgan fingerprint density at radius 2 is 1.79 bits per heavy atom. The summed E-state index contributed by atoms with van der Waals surface area (Å²) in [5.41, 5.74) is 0. The van der Waals surface area contributed by atoms with Gasteiger partial charge in [-0.3, -0.25) is 0 Å². The lowest BCUT2D eigenvalue weighted by molar-refractivity contribution is -0.265. The van der Waals surface area contributed by atoms with Gasteiger partial charge in [-0.15, -0.1) is 0 Å². The van der Waals surface area contributed by atoms with Crippen molar-refractivity contribution < 1.29 is 29.9 Å². The average Bonchev–Trinajstić information content (AvgIpc) is 2.37. The molecule has 14 heavy (non-hydrogen) atoms. The second-order valence-electron chi connectivity index (χ2n) is 3.69. The zero-order valence-electron chi connectivity index (χ0n) is 7.48. The number of ether oxygens (including phenoxy) is 2. The van der Waals surface area contributed by atoms with Crippen molar-refractivity contribution in [3.8, 4) is 0 Å². The van der Waals surface area contributed by atoms with Crippen LogP contribution in [0.4, 0.5) is 0 Å². The van der Waals surface area contributed by atoms with Crippen LogP contribution < -0.4 is 0 Å². The Balaban J connectivity index is 2.22. The lowest BCUT2D eigenvalue weighted by Gasteiger charge is -2.33. The van der Waals surface area contributed by atoms with Gasteiger partial charge in [0.1, 0.15) is 12.2 Å². The molecule has 0 aliphatic carbocycles. The van der Waals surface area contributed by atoms with Gasteiger partial charge in [0.15, 0.2) is 6.29 Å². The van der Waals surface area contributed by atoms with Gasteiger partial charge in [0.05, 0.1) is 25.4 Å². The first-order chi connectivity index (χ1) is 6.65. The van der Waals surface area contributed by atoms with Crippen LogP contribution in [0.15, 0.2) is 0 Å². The monoisotopic (exact) mass is 206 g/mol. The molecule has 0 aromatic rings. The Kier molecular flexibility index (Phi) is 2.74. The molecule has 0 spiro atoms. The molecule has 3 fully saturated rings. The molecule has 82 valence electrons. The van der Waals surface area contributed by atoms with Crippen LogP contribution in [0.1, 0.15) is 0 Å². The van der Waals surface area contributed by atoms with Crippen molar-refractivity contribution in [2.24, 2.45) is 5.92 Å². The molecule has 6 atom stereocenters. The number of aliphatic hydroxyl groups is 4. The summed E-state index contributed by atoms with van der Waals surface area (Å²) in [6.45, 7) is -0.0911. The maximum Gasteiger partial charge on any atom is 0.186 e. The minimum Gasteiger partial charge on any atom is -0.394 e. The number of hydrogen-bond donors (Lipinski definition) is 4. The quantitative estimate of drug-likeness (QED) is 0.376. The number of fused-ring (bicyclic) bond motifs is 4. The van der Waals surface area contributed by atoms with Gasteiger partial charge in [-0.05, 0) is 0 Å². The molecule has 0 saturated carbocycles. The number of aliphatic hydroxyl groups excluding tert-OH is 4. The molecule has 2 bridgehead atoms. The summed E-state index contributed by atoms with van der Waals surface area (Å²) in [7, 11) is 0. The third-order valence-corrected chi connectivity index (χ3v) is 2.84. The van der Waals surface area contributed by atoms with Gasteiger partial charge in [0.2, 0.25) is 0 Å². The molecule has 3 heterocycles. The Labute approximate surface area is 80.7 Å². The summed E-state index contributed by atoms with van der Waals surface area (Å²) in [4.78, 5) is 0. The molecule has 0 aromatic heterocycles. The van der Waals surface area contributed by atoms with Crippen molar-refractivity contribution in [1.82, 2.24) is 0 Å². The van der Waals surface area contributed by atoms with Gasteiger partial charge in [-0.1, -0.05) is 0 Å². The van der Waals surface area contributed by atoms with Crippen LogP contribution in [-0.4, -0.2) is 64.3 Å². The zero-order valence-corrected chi connectivity index (χ0v) is 7.48. The molecular weight excluding hydrogens is 192 g/mol. The Hall–Kier alpha value is -0.240. The van der Waals surface area contributed by atoms with Crippen LogP contribution in [0, 0.1) is 5.92 Å². The van der Waals surface area contributed by atoms with Crippen molar-refractivity contribution in [2.45, 2.75) is 30.7 Å². The molecule has 0 amide bonds. The average molecular weight is 206 g/mol. The number of hydrogen-bond acceptors (Lipinski definition) is 6. The van der Waals surface area contributed by atoms with E-state index in [-0.39, 0.29) is 13.2 Å². The van der Waals surface area contributed by atoms with E-state index in [4.69, 9.17) is 14.6 Å². The smallest absolute Gasteiger partial charge is 0.186 e. The van der Waals surface area contributed by atoms with Gasteiger partial charge in [0.25, 0.3) is 0 Å². The maximum absolute atomic E-state index is 9.63. The third kappa shape index (κ3) is 1.44. The topological polar surface area (TPSA) is 99.4 Å².